The van der Waals surface area contributed by atoms with Gasteiger partial charge in [0.1, 0.15) is 42.3 Å². The van der Waals surface area contributed by atoms with E-state index in [0.29, 0.717) is 38.6 Å². The average molecular weight is 892 g/mol. The predicted molar refractivity (Wildman–Crippen MR) is 234 cm³/mol. The number of carbonyl (C=O) groups excluding carboxylic acids is 8. The van der Waals surface area contributed by atoms with E-state index < -0.39 is 103 Å². The number of nitrogens with zero attached hydrogens (tertiary/aromatic N) is 1. The average Bonchev–Trinajstić information content (AvgIpc) is 3.24. The molecule has 2 rings (SSSR count). The summed E-state index contributed by atoms with van der Waals surface area (Å²) in [5.41, 5.74) is 23.1. The van der Waals surface area contributed by atoms with Crippen molar-refractivity contribution >= 4 is 65.8 Å². The van der Waals surface area contributed by atoms with Crippen LogP contribution < -0.4 is 65.5 Å². The highest BCUT2D eigenvalue weighted by molar-refractivity contribution is 7.80. The molecule has 1 heterocycles. The van der Waals surface area contributed by atoms with Gasteiger partial charge in [-0.05, 0) is 89.8 Å². The second kappa shape index (κ2) is 28.9. The van der Waals surface area contributed by atoms with Crippen molar-refractivity contribution in [2.45, 2.75) is 113 Å². The van der Waals surface area contributed by atoms with E-state index in [2.05, 4.69) is 60.2 Å². The van der Waals surface area contributed by atoms with E-state index in [1.165, 1.54) is 6.92 Å². The summed E-state index contributed by atoms with van der Waals surface area (Å²) in [6.07, 6.45) is 2.39. The van der Waals surface area contributed by atoms with E-state index in [-0.39, 0.29) is 56.9 Å². The predicted octanol–water partition coefficient (Wildman–Crippen LogP) is -4.60. The van der Waals surface area contributed by atoms with Gasteiger partial charge in [-0.2, -0.15) is 12.6 Å². The SMILES string of the molecule is C[C@@H]1NC(=O)[C@H](CS)NC(=O)[C@H](CCc2ccccc2)NC(=O)[C@H](CO)NC(=O)[C@H](CCCCN)NC(=O)[C@H](CCCN=C(N)N)NC(=O)[C@H](CCCCN)NC(=O)CNC1=O. The number of thiol groups is 1. The smallest absolute Gasteiger partial charge is 0.245 e. The fourth-order valence-electron chi connectivity index (χ4n) is 6.22. The van der Waals surface area contributed by atoms with Crippen LogP contribution in [0.2, 0.25) is 0 Å². The topological polar surface area (TPSA) is 369 Å². The van der Waals surface area contributed by atoms with Crippen LogP contribution >= 0.6 is 12.6 Å². The Hall–Kier alpha value is -5.52. The maximum Gasteiger partial charge on any atom is 0.245 e. The van der Waals surface area contributed by atoms with Gasteiger partial charge < -0.3 is 70.6 Å². The van der Waals surface area contributed by atoms with Crippen LogP contribution in [0.1, 0.15) is 70.3 Å². The number of guanidine groups is 1. The number of unbranched alkanes of at least 4 members (excludes halogenated alkanes) is 2. The van der Waals surface area contributed by atoms with Crippen molar-refractivity contribution in [3.63, 3.8) is 0 Å². The normalized spacial score (nSPS) is 24.1. The zero-order chi connectivity index (χ0) is 46.0. The zero-order valence-corrected chi connectivity index (χ0v) is 36.1. The zero-order valence-electron chi connectivity index (χ0n) is 35.2. The first kappa shape index (κ1) is 52.6. The number of rotatable bonds is 17. The van der Waals surface area contributed by atoms with Gasteiger partial charge in [-0.3, -0.25) is 43.3 Å². The summed E-state index contributed by atoms with van der Waals surface area (Å²) in [6, 6.07) is -0.133. The lowest BCUT2D eigenvalue weighted by molar-refractivity contribution is -0.136. The van der Waals surface area contributed by atoms with E-state index in [1.807, 2.05) is 18.2 Å². The lowest BCUT2D eigenvalue weighted by Crippen LogP contribution is -2.61. The second-order valence-corrected chi connectivity index (χ2v) is 15.1. The fraction of sp³-hybridized carbons (Fsp3) is 0.615. The number of nitrogens with one attached hydrogen (secondary N) is 8. The minimum absolute atomic E-state index is 0.0171. The monoisotopic (exact) mass is 891 g/mol. The molecule has 346 valence electrons. The molecule has 7 atom stereocenters. The molecule has 23 heteroatoms. The number of benzene rings is 1. The van der Waals surface area contributed by atoms with Gasteiger partial charge in [0.05, 0.1) is 13.2 Å². The van der Waals surface area contributed by atoms with Crippen LogP contribution in [0, 0.1) is 0 Å². The van der Waals surface area contributed by atoms with Gasteiger partial charge in [-0.25, -0.2) is 0 Å². The van der Waals surface area contributed by atoms with Crippen molar-refractivity contribution in [3.8, 4) is 0 Å². The second-order valence-electron chi connectivity index (χ2n) is 14.8. The number of hydrogen-bond donors (Lipinski definition) is 14. The third-order valence-corrected chi connectivity index (χ3v) is 10.1. The van der Waals surface area contributed by atoms with E-state index in [4.69, 9.17) is 22.9 Å². The molecule has 0 aromatic heterocycles. The summed E-state index contributed by atoms with van der Waals surface area (Å²) in [5, 5.41) is 30.6. The molecule has 22 nitrogen and oxygen atoms in total. The van der Waals surface area contributed by atoms with E-state index in [0.717, 1.165) is 5.56 Å². The Labute approximate surface area is 366 Å². The molecular formula is C39H65N13O9S. The quantitative estimate of drug-likeness (QED) is 0.0304. The minimum Gasteiger partial charge on any atom is -0.394 e. The number of aliphatic hydroxyl groups excluding tert-OH is 1. The van der Waals surface area contributed by atoms with Crippen molar-refractivity contribution < 1.29 is 43.5 Å². The van der Waals surface area contributed by atoms with Gasteiger partial charge in [0.15, 0.2) is 5.96 Å². The highest BCUT2D eigenvalue weighted by Gasteiger charge is 2.34. The summed E-state index contributed by atoms with van der Waals surface area (Å²) in [7, 11) is 0. The molecule has 1 aromatic carbocycles. The van der Waals surface area contributed by atoms with Crippen molar-refractivity contribution in [2.75, 3.05) is 38.5 Å². The van der Waals surface area contributed by atoms with Gasteiger partial charge in [0.2, 0.25) is 47.3 Å². The molecule has 1 aliphatic heterocycles. The molecular weight excluding hydrogens is 827 g/mol. The number of amides is 8. The van der Waals surface area contributed by atoms with Gasteiger partial charge in [0.25, 0.3) is 0 Å². The summed E-state index contributed by atoms with van der Waals surface area (Å²) in [4.78, 5) is 112. The Morgan fingerprint density at radius 1 is 0.613 bits per heavy atom. The van der Waals surface area contributed by atoms with Crippen LogP contribution in [0.4, 0.5) is 0 Å². The molecule has 0 aliphatic carbocycles. The molecule has 0 bridgehead atoms. The molecule has 1 saturated heterocycles. The molecule has 1 aromatic rings. The first-order chi connectivity index (χ1) is 29.6. The summed E-state index contributed by atoms with van der Waals surface area (Å²) >= 11 is 4.21. The Bertz CT molecular complexity index is 1670. The molecule has 0 radical (unpaired) electrons. The minimum atomic E-state index is -1.61. The highest BCUT2D eigenvalue weighted by Crippen LogP contribution is 2.10. The lowest BCUT2D eigenvalue weighted by atomic mass is 10.0. The number of nitrogens with two attached hydrogens (primary N) is 4. The first-order valence-electron chi connectivity index (χ1n) is 20.7. The van der Waals surface area contributed by atoms with Crippen LogP contribution in [0.25, 0.3) is 0 Å². The fourth-order valence-corrected chi connectivity index (χ4v) is 6.47. The Morgan fingerprint density at radius 2 is 1.06 bits per heavy atom. The van der Waals surface area contributed by atoms with Crippen molar-refractivity contribution in [1.82, 2.24) is 42.5 Å². The largest absolute Gasteiger partial charge is 0.394 e. The van der Waals surface area contributed by atoms with Crippen molar-refractivity contribution in [1.29, 1.82) is 0 Å². The molecule has 1 fully saturated rings. The van der Waals surface area contributed by atoms with Crippen LogP contribution in [-0.2, 0) is 44.8 Å². The van der Waals surface area contributed by atoms with Gasteiger partial charge in [-0.15, -0.1) is 0 Å². The van der Waals surface area contributed by atoms with Gasteiger partial charge >= 0.3 is 0 Å². The first-order valence-corrected chi connectivity index (χ1v) is 21.4. The Balaban J connectivity index is 2.57. The van der Waals surface area contributed by atoms with Crippen molar-refractivity contribution in [3.05, 3.63) is 35.9 Å². The number of carbonyl (C=O) groups is 8. The number of aliphatic imine (C=N–C) groups is 1. The summed E-state index contributed by atoms with van der Waals surface area (Å²) in [6.45, 7) is 0.516. The number of aliphatic hydroxyl groups is 1. The van der Waals surface area contributed by atoms with Gasteiger partial charge in [-0.1, -0.05) is 30.3 Å². The maximum absolute atomic E-state index is 14.0. The third-order valence-electron chi connectivity index (χ3n) is 9.76. The molecule has 8 amide bonds. The Kier molecular flexibility index (Phi) is 24.5. The lowest BCUT2D eigenvalue weighted by Gasteiger charge is -2.27. The summed E-state index contributed by atoms with van der Waals surface area (Å²) in [5.74, 6) is -6.86. The van der Waals surface area contributed by atoms with Crippen LogP contribution in [-0.4, -0.2) is 139 Å². The van der Waals surface area contributed by atoms with E-state index >= 15 is 0 Å². The highest BCUT2D eigenvalue weighted by atomic mass is 32.1. The van der Waals surface area contributed by atoms with E-state index in [9.17, 15) is 43.5 Å². The standard InChI is InChI=1S/C39H65N13O9S/c1-23-32(55)45-20-31(54)47-25(12-5-7-17-40)33(56)49-27(14-9-19-44-39(42)43)34(57)48-26(13-6-8-18-41)35(58)51-29(21-53)37(60)50-28(16-15-24-10-3-2-4-11-24)36(59)52-30(22-62)38(61)46-23/h2-4,10-11,23,25-30,53,62H,5-9,12-22,40-41H2,1H3,(H,45,55)(H,46,61)(H,47,54)(H,48,57)(H,49,56)(H,50,60)(H,51,58)(H,52,59)(H4,42,43,44)/t23-,25-,26-,27-,28-,29-,30-/m0/s1. The number of hydrogen-bond acceptors (Lipinski definition) is 13. The van der Waals surface area contributed by atoms with Gasteiger partial charge in [0, 0.05) is 12.3 Å². The molecule has 17 N–H and O–H groups in total. The maximum atomic E-state index is 14.0. The summed E-state index contributed by atoms with van der Waals surface area (Å²) < 4.78 is 0. The molecule has 1 aliphatic rings. The Morgan fingerprint density at radius 3 is 1.56 bits per heavy atom. The van der Waals surface area contributed by atoms with Crippen molar-refractivity contribution in [2.24, 2.45) is 27.9 Å². The van der Waals surface area contributed by atoms with Crippen LogP contribution in [0.5, 0.6) is 0 Å². The van der Waals surface area contributed by atoms with Crippen LogP contribution in [0.15, 0.2) is 35.3 Å². The van der Waals surface area contributed by atoms with Crippen LogP contribution in [0.3, 0.4) is 0 Å². The third kappa shape index (κ3) is 19.5. The van der Waals surface area contributed by atoms with E-state index in [1.54, 1.807) is 12.1 Å². The molecule has 0 saturated carbocycles. The molecule has 0 unspecified atom stereocenters. The number of aryl methyl sites for hydroxylation is 1. The molecule has 0 spiro atoms. The molecule has 62 heavy (non-hydrogen) atoms.